The molecular formula is C15H19F. The largest absolute Gasteiger partial charge is 0.207 e. The van der Waals surface area contributed by atoms with Crippen molar-refractivity contribution in [2.45, 2.75) is 34.1 Å². The van der Waals surface area contributed by atoms with Gasteiger partial charge in [0, 0.05) is 0 Å². The Morgan fingerprint density at radius 2 is 1.94 bits per heavy atom. The van der Waals surface area contributed by atoms with Crippen LogP contribution in [0.2, 0.25) is 0 Å². The quantitative estimate of drug-likeness (QED) is 0.633. The van der Waals surface area contributed by atoms with E-state index in [-0.39, 0.29) is 5.82 Å². The van der Waals surface area contributed by atoms with E-state index < -0.39 is 0 Å². The van der Waals surface area contributed by atoms with Gasteiger partial charge in [0.25, 0.3) is 0 Å². The highest BCUT2D eigenvalue weighted by atomic mass is 19.1. The third kappa shape index (κ3) is 2.60. The third-order valence-electron chi connectivity index (χ3n) is 2.74. The molecule has 0 N–H and O–H groups in total. The first-order valence-electron chi connectivity index (χ1n) is 5.59. The van der Waals surface area contributed by atoms with Crippen molar-refractivity contribution in [1.82, 2.24) is 0 Å². The molecule has 1 heteroatoms. The molecule has 0 fully saturated rings. The lowest BCUT2D eigenvalue weighted by atomic mass is 9.90. The number of hydrogen-bond donors (Lipinski definition) is 0. The first kappa shape index (κ1) is 12.7. The molecule has 1 aromatic carbocycles. The fourth-order valence-electron chi connectivity index (χ4n) is 1.90. The van der Waals surface area contributed by atoms with E-state index in [1.807, 2.05) is 13.0 Å². The second-order valence-electron chi connectivity index (χ2n) is 4.29. The van der Waals surface area contributed by atoms with Crippen molar-refractivity contribution >= 4 is 5.57 Å². The van der Waals surface area contributed by atoms with Crippen LogP contribution in [-0.4, -0.2) is 0 Å². The Labute approximate surface area is 97.5 Å². The molecule has 0 aliphatic rings. The molecule has 0 amide bonds. The van der Waals surface area contributed by atoms with Gasteiger partial charge in [0.15, 0.2) is 0 Å². The molecule has 16 heavy (non-hydrogen) atoms. The number of allylic oxidation sites excluding steroid dienone is 3. The first-order chi connectivity index (χ1) is 7.47. The van der Waals surface area contributed by atoms with E-state index in [4.69, 9.17) is 0 Å². The zero-order valence-corrected chi connectivity index (χ0v) is 10.5. The van der Waals surface area contributed by atoms with Crippen molar-refractivity contribution in [2.24, 2.45) is 0 Å². The molecule has 0 atom stereocenters. The molecule has 0 aromatic heterocycles. The second kappa shape index (κ2) is 5.11. The minimum atomic E-state index is -0.184. The van der Waals surface area contributed by atoms with Gasteiger partial charge < -0.3 is 0 Å². The molecule has 1 aromatic rings. The summed E-state index contributed by atoms with van der Waals surface area (Å²) in [6, 6.07) is 4.92. The minimum absolute atomic E-state index is 0.184. The highest BCUT2D eigenvalue weighted by Gasteiger charge is 2.09. The van der Waals surface area contributed by atoms with Gasteiger partial charge in [0.2, 0.25) is 0 Å². The van der Waals surface area contributed by atoms with Gasteiger partial charge in [-0.1, -0.05) is 25.1 Å². The maximum atomic E-state index is 13.1. The maximum absolute atomic E-state index is 13.1. The van der Waals surface area contributed by atoms with E-state index in [2.05, 4.69) is 27.4 Å². The average Bonchev–Trinajstić information content (AvgIpc) is 2.21. The normalized spacial score (nSPS) is 10.1. The Bertz CT molecular complexity index is 435. The van der Waals surface area contributed by atoms with Crippen LogP contribution in [0.3, 0.4) is 0 Å². The highest BCUT2D eigenvalue weighted by molar-refractivity contribution is 5.81. The molecule has 0 spiro atoms. The van der Waals surface area contributed by atoms with Crippen LogP contribution in [0.1, 0.15) is 38.3 Å². The van der Waals surface area contributed by atoms with Gasteiger partial charge >= 0.3 is 0 Å². The summed E-state index contributed by atoms with van der Waals surface area (Å²) in [6.07, 6.45) is 0.914. The molecular weight excluding hydrogens is 199 g/mol. The molecule has 0 heterocycles. The van der Waals surface area contributed by atoms with Crippen LogP contribution in [0, 0.1) is 12.7 Å². The predicted octanol–water partition coefficient (Wildman–Crippen LogP) is 4.89. The topological polar surface area (TPSA) is 0 Å². The van der Waals surface area contributed by atoms with E-state index in [1.165, 1.54) is 17.2 Å². The molecule has 1 rings (SSSR count). The summed E-state index contributed by atoms with van der Waals surface area (Å²) in [6.45, 7) is 12.2. The molecule has 0 aliphatic heterocycles. The van der Waals surface area contributed by atoms with Crippen LogP contribution in [-0.2, 0) is 0 Å². The SMILES string of the molecule is C=C(CC)C(=C(C)C)c1ccc(F)cc1C. The van der Waals surface area contributed by atoms with Crippen LogP contribution < -0.4 is 0 Å². The number of rotatable bonds is 3. The van der Waals surface area contributed by atoms with Crippen molar-refractivity contribution in [3.05, 3.63) is 52.9 Å². The number of hydrogen-bond acceptors (Lipinski definition) is 0. The van der Waals surface area contributed by atoms with Gasteiger partial charge in [-0.2, -0.15) is 0 Å². The Balaban J connectivity index is 3.34. The minimum Gasteiger partial charge on any atom is -0.207 e. The van der Waals surface area contributed by atoms with Gasteiger partial charge in [-0.3, -0.25) is 0 Å². The summed E-state index contributed by atoms with van der Waals surface area (Å²) in [5.41, 5.74) is 5.55. The number of halogens is 1. The molecule has 0 aliphatic carbocycles. The van der Waals surface area contributed by atoms with Crippen LogP contribution in [0.4, 0.5) is 4.39 Å². The van der Waals surface area contributed by atoms with Crippen LogP contribution >= 0.6 is 0 Å². The number of benzene rings is 1. The van der Waals surface area contributed by atoms with Gasteiger partial charge in [0.1, 0.15) is 5.82 Å². The third-order valence-corrected chi connectivity index (χ3v) is 2.74. The van der Waals surface area contributed by atoms with Gasteiger partial charge in [0.05, 0.1) is 0 Å². The maximum Gasteiger partial charge on any atom is 0.123 e. The molecule has 0 saturated heterocycles. The Kier molecular flexibility index (Phi) is 4.05. The van der Waals surface area contributed by atoms with E-state index in [1.54, 1.807) is 6.07 Å². The summed E-state index contributed by atoms with van der Waals surface area (Å²) in [4.78, 5) is 0. The molecule has 0 bridgehead atoms. The molecule has 0 nitrogen and oxygen atoms in total. The lowest BCUT2D eigenvalue weighted by molar-refractivity contribution is 0.626. The van der Waals surface area contributed by atoms with Gasteiger partial charge in [-0.05, 0) is 61.6 Å². The van der Waals surface area contributed by atoms with E-state index in [0.29, 0.717) is 0 Å². The molecule has 0 unspecified atom stereocenters. The first-order valence-corrected chi connectivity index (χ1v) is 5.59. The molecule has 0 radical (unpaired) electrons. The fourth-order valence-corrected chi connectivity index (χ4v) is 1.90. The predicted molar refractivity (Wildman–Crippen MR) is 68.8 cm³/mol. The van der Waals surface area contributed by atoms with Crippen molar-refractivity contribution in [3.8, 4) is 0 Å². The number of aryl methyl sites for hydroxylation is 1. The lowest BCUT2D eigenvalue weighted by Gasteiger charge is -2.14. The van der Waals surface area contributed by atoms with Crippen molar-refractivity contribution in [3.63, 3.8) is 0 Å². The molecule has 86 valence electrons. The van der Waals surface area contributed by atoms with Crippen LogP contribution in [0.25, 0.3) is 5.57 Å². The van der Waals surface area contributed by atoms with Gasteiger partial charge in [-0.25, -0.2) is 4.39 Å². The second-order valence-corrected chi connectivity index (χ2v) is 4.29. The zero-order chi connectivity index (χ0) is 12.3. The standard InChI is InChI=1S/C15H19F/c1-6-11(4)15(10(2)3)14-8-7-13(16)9-12(14)5/h7-9H,4,6H2,1-3,5H3. The molecule has 0 saturated carbocycles. The summed E-state index contributed by atoms with van der Waals surface area (Å²) in [7, 11) is 0. The van der Waals surface area contributed by atoms with Crippen molar-refractivity contribution in [1.29, 1.82) is 0 Å². The van der Waals surface area contributed by atoms with E-state index in [9.17, 15) is 4.39 Å². The lowest BCUT2D eigenvalue weighted by Crippen LogP contribution is -1.95. The van der Waals surface area contributed by atoms with Crippen molar-refractivity contribution < 1.29 is 4.39 Å². The Morgan fingerprint density at radius 3 is 2.38 bits per heavy atom. The van der Waals surface area contributed by atoms with Crippen LogP contribution in [0.5, 0.6) is 0 Å². The monoisotopic (exact) mass is 218 g/mol. The average molecular weight is 218 g/mol. The van der Waals surface area contributed by atoms with E-state index in [0.717, 1.165) is 23.1 Å². The van der Waals surface area contributed by atoms with Gasteiger partial charge in [-0.15, -0.1) is 0 Å². The summed E-state index contributed by atoms with van der Waals surface area (Å²) >= 11 is 0. The summed E-state index contributed by atoms with van der Waals surface area (Å²) in [5, 5.41) is 0. The summed E-state index contributed by atoms with van der Waals surface area (Å²) in [5.74, 6) is -0.184. The smallest absolute Gasteiger partial charge is 0.123 e. The zero-order valence-electron chi connectivity index (χ0n) is 10.5. The highest BCUT2D eigenvalue weighted by Crippen LogP contribution is 2.30. The Hall–Kier alpha value is -1.37. The van der Waals surface area contributed by atoms with E-state index >= 15 is 0 Å². The summed E-state index contributed by atoms with van der Waals surface area (Å²) < 4.78 is 13.1. The Morgan fingerprint density at radius 1 is 1.31 bits per heavy atom. The van der Waals surface area contributed by atoms with Crippen molar-refractivity contribution in [2.75, 3.05) is 0 Å². The van der Waals surface area contributed by atoms with Crippen LogP contribution in [0.15, 0.2) is 35.9 Å². The fraction of sp³-hybridized carbons (Fsp3) is 0.333.